The maximum absolute atomic E-state index is 12.0. The van der Waals surface area contributed by atoms with Gasteiger partial charge in [0.25, 0.3) is 5.91 Å². The molecule has 118 valence electrons. The van der Waals surface area contributed by atoms with E-state index < -0.39 is 24.0 Å². The smallest absolute Gasteiger partial charge is 0.338 e. The molecule has 0 bridgehead atoms. The zero-order valence-electron chi connectivity index (χ0n) is 12.5. The first-order valence-corrected chi connectivity index (χ1v) is 8.12. The van der Waals surface area contributed by atoms with Crippen molar-refractivity contribution in [1.82, 2.24) is 10.3 Å². The van der Waals surface area contributed by atoms with Crippen LogP contribution >= 0.6 is 11.3 Å². The summed E-state index contributed by atoms with van der Waals surface area (Å²) in [6, 6.07) is 7.18. The number of fused-ring (bicyclic) bond motifs is 1. The van der Waals surface area contributed by atoms with Gasteiger partial charge in [-0.25, -0.2) is 9.78 Å². The number of hydrogen-bond donors (Lipinski definition) is 1. The minimum absolute atomic E-state index is 0.181. The largest absolute Gasteiger partial charge is 0.452 e. The molecule has 1 atom stereocenters. The molecule has 0 radical (unpaired) electrons. The molecule has 1 aromatic heterocycles. The molecule has 1 aliphatic rings. The average Bonchev–Trinajstić information content (AvgIpc) is 3.31. The molecule has 6 nitrogen and oxygen atoms in total. The Labute approximate surface area is 137 Å². The van der Waals surface area contributed by atoms with Crippen LogP contribution in [0.15, 0.2) is 23.7 Å². The van der Waals surface area contributed by atoms with Crippen LogP contribution in [0.4, 0.5) is 0 Å². The van der Waals surface area contributed by atoms with E-state index in [4.69, 9.17) is 4.74 Å². The van der Waals surface area contributed by atoms with Crippen LogP contribution in [0.1, 0.15) is 30.1 Å². The molecule has 1 N–H and O–H groups in total. The Balaban J connectivity index is 1.58. The van der Waals surface area contributed by atoms with E-state index in [0.29, 0.717) is 5.56 Å². The number of carbonyl (C=O) groups excluding carboxylic acids is 2. The summed E-state index contributed by atoms with van der Waals surface area (Å²) >= 11 is 1.43. The normalized spacial score (nSPS) is 16.3. The van der Waals surface area contributed by atoms with Gasteiger partial charge >= 0.3 is 5.97 Å². The van der Waals surface area contributed by atoms with Crippen molar-refractivity contribution in [3.05, 3.63) is 29.3 Å². The molecule has 1 heterocycles. The fourth-order valence-electron chi connectivity index (χ4n) is 2.40. The molecular weight excluding hydrogens is 314 g/mol. The number of nitrogens with one attached hydrogen (secondary N) is 1. The molecule has 7 heteroatoms. The van der Waals surface area contributed by atoms with Gasteiger partial charge in [-0.2, -0.15) is 5.26 Å². The zero-order chi connectivity index (χ0) is 16.4. The maximum atomic E-state index is 12.0. The van der Waals surface area contributed by atoms with Crippen LogP contribution in [0.3, 0.4) is 0 Å². The summed E-state index contributed by atoms with van der Waals surface area (Å²) in [6.45, 7) is 1.30. The highest BCUT2D eigenvalue weighted by Gasteiger charge is 2.43. The minimum atomic E-state index is -0.884. The number of ether oxygens (including phenoxy) is 1. The fourth-order valence-corrected chi connectivity index (χ4v) is 3.12. The number of esters is 1. The monoisotopic (exact) mass is 329 g/mol. The van der Waals surface area contributed by atoms with Crippen LogP contribution in [0.25, 0.3) is 10.2 Å². The molecule has 3 rings (SSSR count). The first kappa shape index (κ1) is 15.4. The van der Waals surface area contributed by atoms with Crippen molar-refractivity contribution in [3.8, 4) is 6.07 Å². The first-order valence-electron chi connectivity index (χ1n) is 7.24. The van der Waals surface area contributed by atoms with Gasteiger partial charge in [0.2, 0.25) is 0 Å². The number of nitriles is 1. The number of aromatic nitrogens is 1. The number of nitrogens with zero attached hydrogens (tertiary/aromatic N) is 2. The molecule has 2 aromatic rings. The lowest BCUT2D eigenvalue weighted by molar-refractivity contribution is -0.125. The third-order valence-corrected chi connectivity index (χ3v) is 4.72. The number of hydrogen-bond acceptors (Lipinski definition) is 6. The second-order valence-corrected chi connectivity index (χ2v) is 6.63. The summed E-state index contributed by atoms with van der Waals surface area (Å²) in [4.78, 5) is 28.1. The Morgan fingerprint density at radius 3 is 3.00 bits per heavy atom. The van der Waals surface area contributed by atoms with Gasteiger partial charge in [-0.3, -0.25) is 4.79 Å². The average molecular weight is 329 g/mol. The van der Waals surface area contributed by atoms with Crippen LogP contribution in [0, 0.1) is 17.2 Å². The van der Waals surface area contributed by atoms with E-state index in [-0.39, 0.29) is 5.92 Å². The predicted molar refractivity (Wildman–Crippen MR) is 84.8 cm³/mol. The Hall–Kier alpha value is -2.46. The van der Waals surface area contributed by atoms with Gasteiger partial charge in [0, 0.05) is 0 Å². The number of thiazole rings is 1. The highest BCUT2D eigenvalue weighted by atomic mass is 32.1. The van der Waals surface area contributed by atoms with E-state index in [1.807, 2.05) is 0 Å². The molecular formula is C16H15N3O3S. The highest BCUT2D eigenvalue weighted by Crippen LogP contribution is 2.39. The van der Waals surface area contributed by atoms with Crippen LogP contribution in [0.5, 0.6) is 0 Å². The van der Waals surface area contributed by atoms with Crippen molar-refractivity contribution < 1.29 is 14.3 Å². The van der Waals surface area contributed by atoms with Crippen LogP contribution < -0.4 is 5.32 Å². The molecule has 0 spiro atoms. The predicted octanol–water partition coefficient (Wildman–Crippen LogP) is 2.26. The van der Waals surface area contributed by atoms with Crippen molar-refractivity contribution in [1.29, 1.82) is 5.26 Å². The molecule has 1 saturated carbocycles. The third kappa shape index (κ3) is 3.32. The van der Waals surface area contributed by atoms with E-state index in [2.05, 4.69) is 16.4 Å². The Bertz CT molecular complexity index is 806. The first-order chi connectivity index (χ1) is 11.0. The van der Waals surface area contributed by atoms with Crippen LogP contribution in [-0.2, 0) is 9.53 Å². The fraction of sp³-hybridized carbons (Fsp3) is 0.375. The Morgan fingerprint density at radius 1 is 1.52 bits per heavy atom. The van der Waals surface area contributed by atoms with E-state index >= 15 is 0 Å². The SMILES string of the molecule is C[C@@](C#N)(NC(=O)COC(=O)c1ccc2ncsc2c1)C1CC1. The van der Waals surface area contributed by atoms with Crippen LogP contribution in [-0.4, -0.2) is 29.0 Å². The van der Waals surface area contributed by atoms with Crippen molar-refractivity contribution >= 4 is 33.4 Å². The Morgan fingerprint density at radius 2 is 2.30 bits per heavy atom. The second-order valence-electron chi connectivity index (χ2n) is 5.75. The van der Waals surface area contributed by atoms with Gasteiger partial charge in [0.05, 0.1) is 27.4 Å². The Kier molecular flexibility index (Phi) is 4.01. The van der Waals surface area contributed by atoms with E-state index in [1.165, 1.54) is 11.3 Å². The lowest BCUT2D eigenvalue weighted by atomic mass is 9.98. The quantitative estimate of drug-likeness (QED) is 0.850. The van der Waals surface area contributed by atoms with Crippen LogP contribution in [0.2, 0.25) is 0 Å². The maximum Gasteiger partial charge on any atom is 0.338 e. The molecule has 0 saturated heterocycles. The number of rotatable bonds is 5. The minimum Gasteiger partial charge on any atom is -0.452 e. The third-order valence-electron chi connectivity index (χ3n) is 3.93. The van der Waals surface area contributed by atoms with E-state index in [9.17, 15) is 14.9 Å². The summed E-state index contributed by atoms with van der Waals surface area (Å²) in [6.07, 6.45) is 1.86. The molecule has 1 fully saturated rings. The van der Waals surface area contributed by atoms with Gasteiger partial charge in [-0.05, 0) is 43.9 Å². The summed E-state index contributed by atoms with van der Waals surface area (Å²) in [5, 5.41) is 11.9. The summed E-state index contributed by atoms with van der Waals surface area (Å²) in [5.74, 6) is -0.852. The van der Waals surface area contributed by atoms with E-state index in [1.54, 1.807) is 30.6 Å². The molecule has 1 amide bonds. The lowest BCUT2D eigenvalue weighted by Gasteiger charge is -2.22. The zero-order valence-corrected chi connectivity index (χ0v) is 13.4. The van der Waals surface area contributed by atoms with Gasteiger partial charge in [-0.1, -0.05) is 0 Å². The van der Waals surface area contributed by atoms with Gasteiger partial charge in [0.1, 0.15) is 5.54 Å². The highest BCUT2D eigenvalue weighted by molar-refractivity contribution is 7.16. The second kappa shape index (κ2) is 5.97. The lowest BCUT2D eigenvalue weighted by Crippen LogP contribution is -2.48. The molecule has 1 aromatic carbocycles. The summed E-state index contributed by atoms with van der Waals surface area (Å²) in [7, 11) is 0. The molecule has 0 aliphatic heterocycles. The van der Waals surface area contributed by atoms with Crippen molar-refractivity contribution in [2.75, 3.05) is 6.61 Å². The number of amides is 1. The topological polar surface area (TPSA) is 92.1 Å². The number of carbonyl (C=O) groups is 2. The van der Waals surface area contributed by atoms with Gasteiger partial charge < -0.3 is 10.1 Å². The summed E-state index contributed by atoms with van der Waals surface area (Å²) in [5.41, 5.74) is 2.01. The van der Waals surface area contributed by atoms with Gasteiger partial charge in [0.15, 0.2) is 6.61 Å². The number of benzene rings is 1. The standard InChI is InChI=1S/C16H15N3O3S/c1-16(8-17,11-3-4-11)19-14(20)7-22-15(21)10-2-5-12-13(6-10)23-9-18-12/h2,5-6,9,11H,3-4,7H2,1H3,(H,19,20)/t16-/m0/s1. The van der Waals surface area contributed by atoms with Crippen molar-refractivity contribution in [2.45, 2.75) is 25.3 Å². The van der Waals surface area contributed by atoms with E-state index in [0.717, 1.165) is 23.1 Å². The van der Waals surface area contributed by atoms with Crippen molar-refractivity contribution in [3.63, 3.8) is 0 Å². The van der Waals surface area contributed by atoms with Gasteiger partial charge in [-0.15, -0.1) is 11.3 Å². The molecule has 0 unspecified atom stereocenters. The molecule has 1 aliphatic carbocycles. The van der Waals surface area contributed by atoms with Crippen molar-refractivity contribution in [2.24, 2.45) is 5.92 Å². The molecule has 23 heavy (non-hydrogen) atoms. The summed E-state index contributed by atoms with van der Waals surface area (Å²) < 4.78 is 5.91.